The van der Waals surface area contributed by atoms with Gasteiger partial charge in [0.15, 0.2) is 6.61 Å². The van der Waals surface area contributed by atoms with E-state index >= 15 is 0 Å². The van der Waals surface area contributed by atoms with Crippen LogP contribution in [0, 0.1) is 6.92 Å². The second-order valence-electron chi connectivity index (χ2n) is 7.33. The van der Waals surface area contributed by atoms with Crippen LogP contribution in [0.4, 0.5) is 5.00 Å². The quantitative estimate of drug-likeness (QED) is 0.244. The molecule has 4 N–H and O–H groups in total. The number of esters is 2. The molecule has 0 bridgehead atoms. The number of nitrogens with one attached hydrogen (secondary N) is 2. The Morgan fingerprint density at radius 2 is 1.78 bits per heavy atom. The zero-order chi connectivity index (χ0) is 27.9. The molecule has 1 aromatic heterocycles. The van der Waals surface area contributed by atoms with Crippen LogP contribution in [0.1, 0.15) is 32.5 Å². The minimum absolute atomic E-state index is 0.00157. The van der Waals surface area contributed by atoms with Crippen LogP contribution in [0.15, 0.2) is 23.1 Å². The largest absolute Gasteiger partial charge is 0.460 e. The van der Waals surface area contributed by atoms with E-state index in [4.69, 9.17) is 43.1 Å². The summed E-state index contributed by atoms with van der Waals surface area (Å²) in [6, 6.07) is 2.22. The molecule has 0 unspecified atom stereocenters. The molecule has 2 aromatic rings. The van der Waals surface area contributed by atoms with Gasteiger partial charge in [-0.1, -0.05) is 23.2 Å². The summed E-state index contributed by atoms with van der Waals surface area (Å²) in [5.41, 5.74) is 5.46. The molecule has 1 atom stereocenters. The number of primary amides is 1. The standard InChI is InChI=1S/C21H23Cl2N3O9S2/c1-10-16(21(30)34-7-6-33-3)19(36-17(10)18(24)28)25-15(27)9-35-20(29)11(2)26-37(31,32)12-4-5-13(22)14(23)8-12/h4-5,8,11,26H,6-7,9H2,1-3H3,(H2,24,28)(H,25,27)/t11-/m0/s1. The van der Waals surface area contributed by atoms with E-state index in [0.717, 1.165) is 17.4 Å². The Balaban J connectivity index is 2.05. The first-order valence-electron chi connectivity index (χ1n) is 10.3. The van der Waals surface area contributed by atoms with Gasteiger partial charge in [-0.15, -0.1) is 11.3 Å². The summed E-state index contributed by atoms with van der Waals surface area (Å²) in [4.78, 5) is 48.7. The number of hydrogen-bond donors (Lipinski definition) is 3. The zero-order valence-electron chi connectivity index (χ0n) is 19.8. The summed E-state index contributed by atoms with van der Waals surface area (Å²) in [7, 11) is -2.75. The van der Waals surface area contributed by atoms with E-state index in [1.54, 1.807) is 0 Å². The van der Waals surface area contributed by atoms with E-state index in [9.17, 15) is 27.6 Å². The summed E-state index contributed by atoms with van der Waals surface area (Å²) in [6.45, 7) is 1.91. The number of halogens is 2. The van der Waals surface area contributed by atoms with Crippen molar-refractivity contribution in [2.75, 3.05) is 32.2 Å². The Kier molecular flexibility index (Phi) is 10.8. The lowest BCUT2D eigenvalue weighted by molar-refractivity contribution is -0.148. The van der Waals surface area contributed by atoms with E-state index < -0.39 is 46.4 Å². The van der Waals surface area contributed by atoms with E-state index in [1.807, 2.05) is 0 Å². The molecule has 0 saturated heterocycles. The van der Waals surface area contributed by atoms with Crippen molar-refractivity contribution in [3.63, 3.8) is 0 Å². The molecule has 12 nitrogen and oxygen atoms in total. The highest BCUT2D eigenvalue weighted by molar-refractivity contribution is 7.89. The Labute approximate surface area is 226 Å². The highest BCUT2D eigenvalue weighted by Gasteiger charge is 2.27. The fraction of sp³-hybridized carbons (Fsp3) is 0.333. The molecule has 16 heteroatoms. The second kappa shape index (κ2) is 13.2. The van der Waals surface area contributed by atoms with Crippen LogP contribution in [0.3, 0.4) is 0 Å². The number of methoxy groups -OCH3 is 1. The summed E-state index contributed by atoms with van der Waals surface area (Å²) < 4.78 is 41.8. The maximum atomic E-state index is 12.5. The second-order valence-corrected chi connectivity index (χ2v) is 10.9. The third-order valence-electron chi connectivity index (χ3n) is 4.58. The van der Waals surface area contributed by atoms with Gasteiger partial charge in [-0.2, -0.15) is 4.72 Å². The van der Waals surface area contributed by atoms with Crippen LogP contribution >= 0.6 is 34.5 Å². The number of anilines is 1. The van der Waals surface area contributed by atoms with Gasteiger partial charge in [0.1, 0.15) is 17.6 Å². The summed E-state index contributed by atoms with van der Waals surface area (Å²) in [5.74, 6) is -3.56. The van der Waals surface area contributed by atoms with Gasteiger partial charge in [-0.25, -0.2) is 13.2 Å². The first-order chi connectivity index (χ1) is 17.3. The van der Waals surface area contributed by atoms with Crippen molar-refractivity contribution in [1.82, 2.24) is 4.72 Å². The number of amides is 2. The first kappa shape index (κ1) is 30.5. The van der Waals surface area contributed by atoms with Gasteiger partial charge in [-0.05, 0) is 37.6 Å². The van der Waals surface area contributed by atoms with E-state index in [2.05, 4.69) is 10.0 Å². The first-order valence-corrected chi connectivity index (χ1v) is 13.4. The van der Waals surface area contributed by atoms with Crippen molar-refractivity contribution in [3.05, 3.63) is 44.2 Å². The molecule has 0 aliphatic rings. The summed E-state index contributed by atoms with van der Waals surface area (Å²) in [6.07, 6.45) is 0. The Morgan fingerprint density at radius 3 is 2.38 bits per heavy atom. The molecule has 2 amide bonds. The maximum absolute atomic E-state index is 12.5. The van der Waals surface area contributed by atoms with Crippen LogP contribution in [0.25, 0.3) is 0 Å². The lowest BCUT2D eigenvalue weighted by Gasteiger charge is -2.14. The fourth-order valence-corrected chi connectivity index (χ4v) is 5.43. The molecular weight excluding hydrogens is 573 g/mol. The molecule has 202 valence electrons. The molecule has 0 aliphatic carbocycles. The van der Waals surface area contributed by atoms with Crippen LogP contribution in [-0.2, 0) is 33.8 Å². The number of sulfonamides is 1. The van der Waals surface area contributed by atoms with Gasteiger partial charge in [0.25, 0.3) is 11.8 Å². The molecule has 0 fully saturated rings. The van der Waals surface area contributed by atoms with Crippen LogP contribution in [0.2, 0.25) is 10.0 Å². The van der Waals surface area contributed by atoms with Crippen molar-refractivity contribution >= 4 is 73.3 Å². The third kappa shape index (κ3) is 8.12. The normalized spacial score (nSPS) is 12.0. The van der Waals surface area contributed by atoms with E-state index in [1.165, 1.54) is 33.1 Å². The third-order valence-corrected chi connectivity index (χ3v) is 8.08. The Bertz CT molecular complexity index is 1310. The molecule has 37 heavy (non-hydrogen) atoms. The predicted octanol–water partition coefficient (Wildman–Crippen LogP) is 2.11. The summed E-state index contributed by atoms with van der Waals surface area (Å²) in [5, 5.41) is 2.48. The van der Waals surface area contributed by atoms with Gasteiger partial charge in [-0.3, -0.25) is 14.4 Å². The topological polar surface area (TPSA) is 180 Å². The summed E-state index contributed by atoms with van der Waals surface area (Å²) >= 11 is 12.4. The molecule has 0 aliphatic heterocycles. The van der Waals surface area contributed by atoms with Gasteiger partial charge < -0.3 is 25.3 Å². The van der Waals surface area contributed by atoms with Crippen molar-refractivity contribution in [1.29, 1.82) is 0 Å². The Hall–Kier alpha value is -2.75. The van der Waals surface area contributed by atoms with Crippen LogP contribution < -0.4 is 15.8 Å². The number of benzene rings is 1. The molecule has 1 heterocycles. The molecule has 0 spiro atoms. The van der Waals surface area contributed by atoms with Crippen molar-refractivity contribution in [2.45, 2.75) is 24.8 Å². The molecule has 1 aromatic carbocycles. The van der Waals surface area contributed by atoms with Crippen LogP contribution in [0.5, 0.6) is 0 Å². The van der Waals surface area contributed by atoms with E-state index in [-0.39, 0.29) is 49.2 Å². The number of carbonyl (C=O) groups is 4. The molecule has 0 radical (unpaired) electrons. The SMILES string of the molecule is COCCOC(=O)c1c(NC(=O)COC(=O)[C@H](C)NS(=O)(=O)c2ccc(Cl)c(Cl)c2)sc(C(N)=O)c1C. The maximum Gasteiger partial charge on any atom is 0.341 e. The van der Waals surface area contributed by atoms with Crippen LogP contribution in [-0.4, -0.2) is 65.1 Å². The van der Waals surface area contributed by atoms with Gasteiger partial charge in [0.2, 0.25) is 10.0 Å². The number of hydrogen-bond acceptors (Lipinski definition) is 10. The van der Waals surface area contributed by atoms with Crippen molar-refractivity contribution in [3.8, 4) is 0 Å². The molecular formula is C21H23Cl2N3O9S2. The average molecular weight is 596 g/mol. The van der Waals surface area contributed by atoms with E-state index in [0.29, 0.717) is 0 Å². The monoisotopic (exact) mass is 595 g/mol. The highest BCUT2D eigenvalue weighted by atomic mass is 35.5. The smallest absolute Gasteiger partial charge is 0.341 e. The molecule has 2 rings (SSSR count). The zero-order valence-corrected chi connectivity index (χ0v) is 22.9. The minimum atomic E-state index is -4.16. The number of ether oxygens (including phenoxy) is 3. The van der Waals surface area contributed by atoms with Crippen molar-refractivity contribution < 1.29 is 41.8 Å². The number of thiophene rings is 1. The predicted molar refractivity (Wildman–Crippen MR) is 136 cm³/mol. The Morgan fingerprint density at radius 1 is 1.11 bits per heavy atom. The lowest BCUT2D eigenvalue weighted by atomic mass is 10.1. The highest BCUT2D eigenvalue weighted by Crippen LogP contribution is 2.33. The van der Waals surface area contributed by atoms with Crippen molar-refractivity contribution in [2.24, 2.45) is 5.73 Å². The fourth-order valence-electron chi connectivity index (χ4n) is 2.79. The lowest BCUT2D eigenvalue weighted by Crippen LogP contribution is -2.40. The minimum Gasteiger partial charge on any atom is -0.460 e. The van der Waals surface area contributed by atoms with Gasteiger partial charge in [0, 0.05) is 7.11 Å². The van der Waals surface area contributed by atoms with Gasteiger partial charge >= 0.3 is 11.9 Å². The number of nitrogens with two attached hydrogens (primary N) is 1. The van der Waals surface area contributed by atoms with Gasteiger partial charge in [0.05, 0.1) is 32.0 Å². The number of carbonyl (C=O) groups excluding carboxylic acids is 4. The average Bonchev–Trinajstić information content (AvgIpc) is 3.14. The molecule has 0 saturated carbocycles. The number of rotatable bonds is 12.